The monoisotopic (exact) mass is 675 g/mol. The molecule has 2 unspecified atom stereocenters. The summed E-state index contributed by atoms with van der Waals surface area (Å²) >= 11 is 0. The van der Waals surface area contributed by atoms with Crippen LogP contribution in [0.1, 0.15) is 32.6 Å². The van der Waals surface area contributed by atoms with Crippen molar-refractivity contribution in [3.05, 3.63) is 161 Å². The van der Waals surface area contributed by atoms with Gasteiger partial charge in [-0.15, -0.1) is 0 Å². The van der Waals surface area contributed by atoms with E-state index in [9.17, 15) is 4.79 Å². The average Bonchev–Trinajstić information content (AvgIpc) is 3.70. The Morgan fingerprint density at radius 1 is 0.549 bits per heavy atom. The molecule has 2 amide bonds. The van der Waals surface area contributed by atoms with Crippen LogP contribution in [0, 0.1) is 11.8 Å². The molecule has 8 heteroatoms. The van der Waals surface area contributed by atoms with E-state index in [-0.39, 0.29) is 11.3 Å². The molecule has 0 spiro atoms. The van der Waals surface area contributed by atoms with Gasteiger partial charge in [-0.05, 0) is 81.9 Å². The number of allylic oxidation sites excluding steroid dienone is 2. The van der Waals surface area contributed by atoms with Crippen molar-refractivity contribution in [2.24, 2.45) is 11.8 Å². The van der Waals surface area contributed by atoms with E-state index in [1.54, 1.807) is 26.4 Å². The summed E-state index contributed by atoms with van der Waals surface area (Å²) in [4.78, 5) is 59.8. The molecule has 2 bridgehead atoms. The van der Waals surface area contributed by atoms with E-state index >= 15 is 14.4 Å². The minimum absolute atomic E-state index is 0.221. The maximum Gasteiger partial charge on any atom is 0.337 e. The lowest BCUT2D eigenvalue weighted by molar-refractivity contribution is -0.130. The first-order valence-electron chi connectivity index (χ1n) is 16.6. The van der Waals surface area contributed by atoms with Crippen LogP contribution < -0.4 is 14.4 Å². The summed E-state index contributed by atoms with van der Waals surface area (Å²) in [6, 6.07) is 39.9. The zero-order valence-corrected chi connectivity index (χ0v) is 28.2. The zero-order chi connectivity index (χ0) is 35.5. The third-order valence-corrected chi connectivity index (χ3v) is 10.8. The summed E-state index contributed by atoms with van der Waals surface area (Å²) in [7, 11) is 4.47. The van der Waals surface area contributed by atoms with Crippen LogP contribution in [-0.2, 0) is 30.0 Å². The Bertz CT molecular complexity index is 2100. The van der Waals surface area contributed by atoms with Gasteiger partial charge in [-0.2, -0.15) is 0 Å². The highest BCUT2D eigenvalue weighted by molar-refractivity contribution is 6.39. The molecule has 8 rings (SSSR count). The molecule has 3 aliphatic rings. The predicted octanol–water partition coefficient (Wildman–Crippen LogP) is 6.68. The second-order valence-electron chi connectivity index (χ2n) is 12.9. The van der Waals surface area contributed by atoms with E-state index in [0.717, 1.165) is 11.1 Å². The van der Waals surface area contributed by atoms with Gasteiger partial charge in [0.2, 0.25) is 11.8 Å². The summed E-state index contributed by atoms with van der Waals surface area (Å²) in [6.07, 6.45) is 0. The maximum absolute atomic E-state index is 16.1. The van der Waals surface area contributed by atoms with E-state index in [2.05, 4.69) is 0 Å². The van der Waals surface area contributed by atoms with Crippen molar-refractivity contribution in [2.75, 3.05) is 26.2 Å². The third kappa shape index (κ3) is 4.26. The van der Waals surface area contributed by atoms with Gasteiger partial charge in [0.15, 0.2) is 5.78 Å². The Morgan fingerprint density at radius 2 is 0.961 bits per heavy atom. The van der Waals surface area contributed by atoms with Crippen molar-refractivity contribution in [1.82, 2.24) is 0 Å². The lowest BCUT2D eigenvalue weighted by Crippen LogP contribution is -2.45. The van der Waals surface area contributed by atoms with Crippen LogP contribution in [0.3, 0.4) is 0 Å². The topological polar surface area (TPSA) is 99.2 Å². The minimum atomic E-state index is -1.56. The molecule has 2 fully saturated rings. The first kappa shape index (κ1) is 32.0. The molecule has 252 valence electrons. The van der Waals surface area contributed by atoms with Gasteiger partial charge in [0.05, 0.1) is 55.2 Å². The van der Waals surface area contributed by atoms with Crippen molar-refractivity contribution < 1.29 is 33.4 Å². The lowest BCUT2D eigenvalue weighted by atomic mass is 9.59. The van der Waals surface area contributed by atoms with Crippen LogP contribution in [0.25, 0.3) is 11.1 Å². The first-order chi connectivity index (χ1) is 24.8. The largest absolute Gasteiger partial charge is 0.497 e. The Morgan fingerprint density at radius 3 is 1.33 bits per heavy atom. The fourth-order valence-corrected chi connectivity index (χ4v) is 8.76. The van der Waals surface area contributed by atoms with Crippen LogP contribution in [-0.4, -0.2) is 44.9 Å². The number of rotatable bonds is 8. The number of hydrogen-bond acceptors (Lipinski definition) is 7. The Balaban J connectivity index is 1.49. The number of methoxy groups -OCH3 is 3. The number of Topliss-reactive ketones (excluding diaryl/α,β-unsaturated/α-hetero) is 1. The van der Waals surface area contributed by atoms with E-state index in [0.29, 0.717) is 39.5 Å². The van der Waals surface area contributed by atoms with Gasteiger partial charge in [-0.1, -0.05) is 84.9 Å². The number of amides is 2. The van der Waals surface area contributed by atoms with E-state index in [1.807, 2.05) is 109 Å². The van der Waals surface area contributed by atoms with E-state index in [4.69, 9.17) is 14.2 Å². The highest BCUT2D eigenvalue weighted by Gasteiger charge is 2.82. The zero-order valence-electron chi connectivity index (χ0n) is 28.2. The fraction of sp³-hybridized carbons (Fsp3) is 0.163. The van der Waals surface area contributed by atoms with Crippen molar-refractivity contribution in [2.45, 2.75) is 10.8 Å². The summed E-state index contributed by atoms with van der Waals surface area (Å²) in [5.41, 5.74) is 1.53. The van der Waals surface area contributed by atoms with Crippen molar-refractivity contribution in [3.63, 3.8) is 0 Å². The number of hydrogen-bond donors (Lipinski definition) is 0. The highest BCUT2D eigenvalue weighted by Crippen LogP contribution is 2.74. The van der Waals surface area contributed by atoms with Crippen LogP contribution >= 0.6 is 0 Å². The maximum atomic E-state index is 16.1. The van der Waals surface area contributed by atoms with Crippen LogP contribution in [0.5, 0.6) is 11.5 Å². The standard InChI is InChI=1S/C43H33NO7/c1-49-32-22-16-26(17-23-32)34-35(27-18-24-33(50-2)25-19-27)43(30-12-8-5-9-13-30)37-36(42(34,41(43)48)29-10-6-4-7-11-29)38(45)44(39(37)46)31-20-14-28(15-21-31)40(47)51-3/h4-25,36-37H,1-3H3/t36?,37?,42-,43+. The van der Waals surface area contributed by atoms with Gasteiger partial charge >= 0.3 is 5.97 Å². The molecule has 1 heterocycles. The molecule has 0 aromatic heterocycles. The average molecular weight is 676 g/mol. The number of imide groups is 1. The number of ketones is 1. The molecule has 0 radical (unpaired) electrons. The molecule has 51 heavy (non-hydrogen) atoms. The second-order valence-corrected chi connectivity index (χ2v) is 12.9. The van der Waals surface area contributed by atoms with Gasteiger partial charge in [-0.3, -0.25) is 14.4 Å². The normalized spacial score (nSPS) is 23.4. The summed E-state index contributed by atoms with van der Waals surface area (Å²) in [5, 5.41) is 0. The number of carbonyl (C=O) groups excluding carboxylic acids is 4. The quantitative estimate of drug-likeness (QED) is 0.134. The van der Waals surface area contributed by atoms with Gasteiger partial charge < -0.3 is 14.2 Å². The molecule has 5 aromatic carbocycles. The number of nitrogens with zero attached hydrogens (tertiary/aromatic N) is 1. The molecule has 0 N–H and O–H groups in total. The molecule has 2 aliphatic carbocycles. The molecule has 5 aromatic rings. The summed E-state index contributed by atoms with van der Waals surface area (Å²) in [5.74, 6) is -2.61. The minimum Gasteiger partial charge on any atom is -0.497 e. The smallest absolute Gasteiger partial charge is 0.337 e. The SMILES string of the molecule is COC(=O)c1ccc(N2C(=O)C3C(C2=O)[C@]2(c4ccccc4)C(=O)[C@@]3(c3ccccc3)C(c3ccc(OC)cc3)=C2c2ccc(OC)cc2)cc1. The molecule has 1 saturated heterocycles. The van der Waals surface area contributed by atoms with Crippen LogP contribution in [0.4, 0.5) is 5.69 Å². The van der Waals surface area contributed by atoms with Crippen molar-refractivity contribution in [1.29, 1.82) is 0 Å². The number of fused-ring (bicyclic) bond motifs is 5. The number of esters is 1. The lowest BCUT2D eigenvalue weighted by Gasteiger charge is -2.39. The van der Waals surface area contributed by atoms with Gasteiger partial charge in [0, 0.05) is 0 Å². The molecule has 4 atom stereocenters. The van der Waals surface area contributed by atoms with E-state index in [1.165, 1.54) is 24.1 Å². The summed E-state index contributed by atoms with van der Waals surface area (Å²) in [6.45, 7) is 0. The van der Waals surface area contributed by atoms with Gasteiger partial charge in [0.25, 0.3) is 0 Å². The number of ether oxygens (including phenoxy) is 3. The molecule has 1 saturated carbocycles. The Kier molecular flexibility index (Phi) is 7.49. The molecule has 1 aliphatic heterocycles. The first-order valence-corrected chi connectivity index (χ1v) is 16.6. The van der Waals surface area contributed by atoms with Gasteiger partial charge in [-0.25, -0.2) is 9.69 Å². The van der Waals surface area contributed by atoms with Crippen LogP contribution in [0.15, 0.2) is 133 Å². The van der Waals surface area contributed by atoms with E-state index < -0.39 is 40.4 Å². The predicted molar refractivity (Wildman–Crippen MR) is 191 cm³/mol. The number of carbonyl (C=O) groups is 4. The van der Waals surface area contributed by atoms with Gasteiger partial charge in [0.1, 0.15) is 11.5 Å². The molecule has 8 nitrogen and oxygen atoms in total. The molecular formula is C43H33NO7. The Labute approximate surface area is 294 Å². The molecular weight excluding hydrogens is 642 g/mol. The highest BCUT2D eigenvalue weighted by atomic mass is 16.5. The number of anilines is 1. The third-order valence-electron chi connectivity index (χ3n) is 10.8. The van der Waals surface area contributed by atoms with Crippen molar-refractivity contribution in [3.8, 4) is 11.5 Å². The second kappa shape index (κ2) is 11.9. The van der Waals surface area contributed by atoms with Crippen LogP contribution in [0.2, 0.25) is 0 Å². The van der Waals surface area contributed by atoms with Crippen molar-refractivity contribution >= 4 is 40.4 Å². The summed E-state index contributed by atoms with van der Waals surface area (Å²) < 4.78 is 15.9. The Hall–Kier alpha value is -6.28. The number of benzene rings is 5. The fourth-order valence-electron chi connectivity index (χ4n) is 8.76.